The van der Waals surface area contributed by atoms with E-state index >= 15 is 0 Å². The molecule has 20 heavy (non-hydrogen) atoms. The maximum Gasteiger partial charge on any atom is 0.151 e. The molecule has 1 aliphatic rings. The molecule has 1 atom stereocenters. The predicted octanol–water partition coefficient (Wildman–Crippen LogP) is 2.13. The van der Waals surface area contributed by atoms with Crippen molar-refractivity contribution in [1.29, 1.82) is 0 Å². The first-order chi connectivity index (χ1) is 9.69. The van der Waals surface area contributed by atoms with Gasteiger partial charge in [0.1, 0.15) is 16.9 Å². The average molecular weight is 338 g/mol. The summed E-state index contributed by atoms with van der Waals surface area (Å²) in [5, 5.41) is 3.42. The summed E-state index contributed by atoms with van der Waals surface area (Å²) in [5.41, 5.74) is 8.16. The Hall–Kier alpha value is -1.47. The number of nitrogens with two attached hydrogens (primary N) is 1. The van der Waals surface area contributed by atoms with Gasteiger partial charge in [0.25, 0.3) is 0 Å². The molecule has 0 amide bonds. The number of anilines is 2. The number of hydrogen-bond acceptors (Lipinski definition) is 6. The molecule has 0 bridgehead atoms. The number of hydrogen-bond donors (Lipinski definition) is 2. The second kappa shape index (κ2) is 5.49. The first-order valence-electron chi connectivity index (χ1n) is 6.64. The Balaban J connectivity index is 2.08. The van der Waals surface area contributed by atoms with E-state index in [4.69, 9.17) is 10.5 Å². The van der Waals surface area contributed by atoms with Crippen molar-refractivity contribution in [2.24, 2.45) is 0 Å². The first-order valence-corrected chi connectivity index (χ1v) is 7.43. The van der Waals surface area contributed by atoms with Crippen LogP contribution in [0.5, 0.6) is 0 Å². The highest BCUT2D eigenvalue weighted by molar-refractivity contribution is 9.10. The molecule has 1 fully saturated rings. The number of halogens is 1. The SMILES string of the molecule is CCc1nc2c(N)ncc(Br)c2nc1N[C@H]1CCOC1. The van der Waals surface area contributed by atoms with E-state index in [2.05, 4.69) is 36.2 Å². The Morgan fingerprint density at radius 1 is 1.45 bits per heavy atom. The molecule has 0 spiro atoms. The van der Waals surface area contributed by atoms with E-state index < -0.39 is 0 Å². The van der Waals surface area contributed by atoms with Crippen LogP contribution in [0.4, 0.5) is 11.6 Å². The topological polar surface area (TPSA) is 86.0 Å². The minimum atomic E-state index is 0.296. The molecule has 6 nitrogen and oxygen atoms in total. The number of fused-ring (bicyclic) bond motifs is 1. The lowest BCUT2D eigenvalue weighted by molar-refractivity contribution is 0.195. The van der Waals surface area contributed by atoms with E-state index in [1.165, 1.54) is 0 Å². The Kier molecular flexibility index (Phi) is 3.71. The fourth-order valence-corrected chi connectivity index (χ4v) is 2.65. The van der Waals surface area contributed by atoms with Crippen LogP contribution in [0.1, 0.15) is 19.0 Å². The predicted molar refractivity (Wildman–Crippen MR) is 81.7 cm³/mol. The number of nitrogens with zero attached hydrogens (tertiary/aromatic N) is 3. The molecule has 0 saturated carbocycles. The van der Waals surface area contributed by atoms with Crippen molar-refractivity contribution in [3.05, 3.63) is 16.4 Å². The molecule has 3 rings (SSSR count). The molecule has 2 aromatic heterocycles. The van der Waals surface area contributed by atoms with Gasteiger partial charge in [-0.1, -0.05) is 6.92 Å². The number of ether oxygens (including phenoxy) is 1. The number of nitrogens with one attached hydrogen (secondary N) is 1. The van der Waals surface area contributed by atoms with Gasteiger partial charge in [-0.05, 0) is 28.8 Å². The van der Waals surface area contributed by atoms with Crippen molar-refractivity contribution in [3.8, 4) is 0 Å². The highest BCUT2D eigenvalue weighted by atomic mass is 79.9. The molecule has 3 N–H and O–H groups in total. The van der Waals surface area contributed by atoms with E-state index in [0.29, 0.717) is 24.0 Å². The maximum absolute atomic E-state index is 5.89. The van der Waals surface area contributed by atoms with Gasteiger partial charge in [-0.2, -0.15) is 0 Å². The maximum atomic E-state index is 5.89. The van der Waals surface area contributed by atoms with Crippen LogP contribution >= 0.6 is 15.9 Å². The van der Waals surface area contributed by atoms with Crippen LogP contribution in [0.25, 0.3) is 11.0 Å². The van der Waals surface area contributed by atoms with Crippen molar-refractivity contribution >= 4 is 38.6 Å². The van der Waals surface area contributed by atoms with E-state index in [1.54, 1.807) is 6.20 Å². The van der Waals surface area contributed by atoms with Gasteiger partial charge in [0, 0.05) is 12.8 Å². The van der Waals surface area contributed by atoms with Crippen LogP contribution in [0.15, 0.2) is 10.7 Å². The summed E-state index contributed by atoms with van der Waals surface area (Å²) in [5.74, 6) is 1.21. The highest BCUT2D eigenvalue weighted by Gasteiger charge is 2.19. The number of nitrogen functional groups attached to an aromatic ring is 1. The van der Waals surface area contributed by atoms with Crippen molar-refractivity contribution in [2.75, 3.05) is 24.3 Å². The lowest BCUT2D eigenvalue weighted by Gasteiger charge is -2.15. The summed E-state index contributed by atoms with van der Waals surface area (Å²) >= 11 is 3.45. The second-order valence-corrected chi connectivity index (χ2v) is 5.62. The normalized spacial score (nSPS) is 18.6. The van der Waals surface area contributed by atoms with Gasteiger partial charge in [0.2, 0.25) is 0 Å². The van der Waals surface area contributed by atoms with Crippen LogP contribution in [-0.2, 0) is 11.2 Å². The molecule has 106 valence electrons. The minimum absolute atomic E-state index is 0.296. The summed E-state index contributed by atoms with van der Waals surface area (Å²) in [4.78, 5) is 13.4. The fourth-order valence-electron chi connectivity index (χ4n) is 2.27. The van der Waals surface area contributed by atoms with Crippen molar-refractivity contribution in [2.45, 2.75) is 25.8 Å². The third-order valence-corrected chi connectivity index (χ3v) is 3.94. The average Bonchev–Trinajstić information content (AvgIpc) is 2.95. The molecule has 0 aliphatic carbocycles. The zero-order valence-corrected chi connectivity index (χ0v) is 12.8. The quantitative estimate of drug-likeness (QED) is 0.892. The number of aromatic nitrogens is 3. The summed E-state index contributed by atoms with van der Waals surface area (Å²) in [6, 6.07) is 0.296. The van der Waals surface area contributed by atoms with Crippen LogP contribution in [0, 0.1) is 0 Å². The first kappa shape index (κ1) is 13.5. The molecule has 2 aromatic rings. The third-order valence-electron chi connectivity index (χ3n) is 3.36. The Morgan fingerprint density at radius 2 is 2.30 bits per heavy atom. The lowest BCUT2D eigenvalue weighted by atomic mass is 10.2. The molecular weight excluding hydrogens is 322 g/mol. The molecule has 1 saturated heterocycles. The molecule has 0 radical (unpaired) electrons. The van der Waals surface area contributed by atoms with Gasteiger partial charge in [-0.25, -0.2) is 15.0 Å². The van der Waals surface area contributed by atoms with E-state index in [1.807, 2.05) is 6.92 Å². The summed E-state index contributed by atoms with van der Waals surface area (Å²) in [6.45, 7) is 3.55. The highest BCUT2D eigenvalue weighted by Crippen LogP contribution is 2.27. The van der Waals surface area contributed by atoms with E-state index in [-0.39, 0.29) is 0 Å². The van der Waals surface area contributed by atoms with Gasteiger partial charge in [-0.15, -0.1) is 0 Å². The van der Waals surface area contributed by atoms with Crippen LogP contribution in [0.3, 0.4) is 0 Å². The zero-order valence-electron chi connectivity index (χ0n) is 11.2. The third kappa shape index (κ3) is 2.43. The van der Waals surface area contributed by atoms with Crippen molar-refractivity contribution in [3.63, 3.8) is 0 Å². The summed E-state index contributed by atoms with van der Waals surface area (Å²) < 4.78 is 6.18. The molecule has 1 aliphatic heterocycles. The van der Waals surface area contributed by atoms with Gasteiger partial charge < -0.3 is 15.8 Å². The van der Waals surface area contributed by atoms with Crippen LogP contribution in [0.2, 0.25) is 0 Å². The monoisotopic (exact) mass is 337 g/mol. The zero-order chi connectivity index (χ0) is 14.1. The Labute approximate surface area is 125 Å². The van der Waals surface area contributed by atoms with E-state index in [9.17, 15) is 0 Å². The largest absolute Gasteiger partial charge is 0.382 e. The van der Waals surface area contributed by atoms with Crippen molar-refractivity contribution in [1.82, 2.24) is 15.0 Å². The molecule has 0 unspecified atom stereocenters. The van der Waals surface area contributed by atoms with Gasteiger partial charge in [-0.3, -0.25) is 0 Å². The molecule has 7 heteroatoms. The van der Waals surface area contributed by atoms with E-state index in [0.717, 1.165) is 40.9 Å². The van der Waals surface area contributed by atoms with Crippen LogP contribution < -0.4 is 11.1 Å². The van der Waals surface area contributed by atoms with Gasteiger partial charge in [0.05, 0.1) is 22.8 Å². The smallest absolute Gasteiger partial charge is 0.151 e. The fraction of sp³-hybridized carbons (Fsp3) is 0.462. The standard InChI is InChI=1S/C13H16BrN5O/c1-2-9-13(17-7-3-4-20-6-7)19-10-8(14)5-16-12(15)11(10)18-9/h5,7H,2-4,6H2,1H3,(H2,15,16)(H,17,19)/t7-/m0/s1. The number of rotatable bonds is 3. The summed E-state index contributed by atoms with van der Waals surface area (Å²) in [7, 11) is 0. The Morgan fingerprint density at radius 3 is 3.00 bits per heavy atom. The van der Waals surface area contributed by atoms with Gasteiger partial charge in [0.15, 0.2) is 5.82 Å². The lowest BCUT2D eigenvalue weighted by Crippen LogP contribution is -2.21. The molecule has 0 aromatic carbocycles. The van der Waals surface area contributed by atoms with Gasteiger partial charge >= 0.3 is 0 Å². The Bertz CT molecular complexity index is 642. The van der Waals surface area contributed by atoms with Crippen molar-refractivity contribution < 1.29 is 4.74 Å². The number of aryl methyl sites for hydroxylation is 1. The molecular formula is C13H16BrN5O. The van der Waals surface area contributed by atoms with Crippen LogP contribution in [-0.4, -0.2) is 34.2 Å². The molecule has 3 heterocycles. The summed E-state index contributed by atoms with van der Waals surface area (Å²) in [6.07, 6.45) is 3.42. The minimum Gasteiger partial charge on any atom is -0.382 e. The number of pyridine rings is 1. The second-order valence-electron chi connectivity index (χ2n) is 4.77.